The molecule has 3 nitrogen and oxygen atoms in total. The molecule has 0 saturated heterocycles. The van der Waals surface area contributed by atoms with E-state index in [1.54, 1.807) is 0 Å². The van der Waals surface area contributed by atoms with Crippen LogP contribution in [0.25, 0.3) is 0 Å². The lowest BCUT2D eigenvalue weighted by atomic mass is 9.70. The van der Waals surface area contributed by atoms with Crippen LogP contribution >= 0.6 is 7.60 Å². The summed E-state index contributed by atoms with van der Waals surface area (Å²) in [4.78, 5) is 20.8. The maximum absolute atomic E-state index is 12.7. The monoisotopic (exact) mass is 330 g/mol. The van der Waals surface area contributed by atoms with Gasteiger partial charge in [0.05, 0.1) is 0 Å². The fourth-order valence-corrected chi connectivity index (χ4v) is 5.87. The van der Waals surface area contributed by atoms with E-state index in [0.29, 0.717) is 6.42 Å². The van der Waals surface area contributed by atoms with Crippen molar-refractivity contribution in [2.24, 2.45) is 0 Å². The van der Waals surface area contributed by atoms with Crippen LogP contribution < -0.4 is 0 Å². The fourth-order valence-electron chi connectivity index (χ4n) is 4.17. The average Bonchev–Trinajstić information content (AvgIpc) is 2.55. The van der Waals surface area contributed by atoms with E-state index in [2.05, 4.69) is 0 Å². The Morgan fingerprint density at radius 2 is 1.65 bits per heavy atom. The second-order valence-electron chi connectivity index (χ2n) is 6.49. The highest BCUT2D eigenvalue weighted by molar-refractivity contribution is 7.53. The van der Waals surface area contributed by atoms with E-state index in [1.807, 2.05) is 61.5 Å². The molecule has 2 unspecified atom stereocenters. The molecule has 0 amide bonds. The van der Waals surface area contributed by atoms with Crippen LogP contribution in [0.5, 0.6) is 0 Å². The SMILES string of the molecule is Cc1ccccc1C1(P(=O)(O)O)CCCCC1c1ccccc1. The van der Waals surface area contributed by atoms with Crippen molar-refractivity contribution in [2.45, 2.75) is 43.7 Å². The number of hydrogen-bond acceptors (Lipinski definition) is 1. The zero-order chi connectivity index (χ0) is 16.5. The van der Waals surface area contributed by atoms with Crippen molar-refractivity contribution in [2.75, 3.05) is 0 Å². The van der Waals surface area contributed by atoms with Crippen molar-refractivity contribution in [3.05, 3.63) is 71.3 Å². The van der Waals surface area contributed by atoms with E-state index in [0.717, 1.165) is 36.0 Å². The van der Waals surface area contributed by atoms with Crippen molar-refractivity contribution in [3.63, 3.8) is 0 Å². The molecule has 1 aliphatic carbocycles. The summed E-state index contributed by atoms with van der Waals surface area (Å²) in [5.74, 6) is -0.153. The molecule has 0 spiro atoms. The maximum atomic E-state index is 12.7. The summed E-state index contributed by atoms with van der Waals surface area (Å²) < 4.78 is 12.7. The number of aryl methyl sites for hydroxylation is 1. The van der Waals surface area contributed by atoms with E-state index in [4.69, 9.17) is 0 Å². The second kappa shape index (κ2) is 6.24. The first-order valence-electron chi connectivity index (χ1n) is 8.13. The molecule has 2 aromatic rings. The average molecular weight is 330 g/mol. The molecule has 0 bridgehead atoms. The molecule has 2 atom stereocenters. The van der Waals surface area contributed by atoms with Gasteiger partial charge in [0.1, 0.15) is 5.16 Å². The van der Waals surface area contributed by atoms with E-state index in [-0.39, 0.29) is 5.92 Å². The van der Waals surface area contributed by atoms with Gasteiger partial charge in [0.25, 0.3) is 0 Å². The Balaban J connectivity index is 2.25. The van der Waals surface area contributed by atoms with E-state index in [1.165, 1.54) is 0 Å². The van der Waals surface area contributed by atoms with Gasteiger partial charge in [-0.1, -0.05) is 67.4 Å². The molecule has 0 heterocycles. The fraction of sp³-hybridized carbons (Fsp3) is 0.368. The molecule has 4 heteroatoms. The van der Waals surface area contributed by atoms with Crippen molar-refractivity contribution < 1.29 is 14.4 Å². The van der Waals surface area contributed by atoms with Crippen molar-refractivity contribution >= 4 is 7.60 Å². The Labute approximate surface area is 137 Å². The molecule has 1 aliphatic rings. The van der Waals surface area contributed by atoms with Gasteiger partial charge < -0.3 is 9.79 Å². The molecular weight excluding hydrogens is 307 g/mol. The summed E-state index contributed by atoms with van der Waals surface area (Å²) in [6.45, 7) is 1.95. The predicted molar refractivity (Wildman–Crippen MR) is 92.6 cm³/mol. The number of rotatable bonds is 3. The zero-order valence-electron chi connectivity index (χ0n) is 13.4. The molecule has 0 radical (unpaired) electrons. The minimum absolute atomic E-state index is 0.153. The summed E-state index contributed by atoms with van der Waals surface area (Å²) in [6.07, 6.45) is 3.20. The van der Waals surface area contributed by atoms with E-state index >= 15 is 0 Å². The Hall–Kier alpha value is -1.41. The predicted octanol–water partition coefficient (Wildman–Crippen LogP) is 4.73. The molecule has 1 fully saturated rings. The van der Waals surface area contributed by atoms with Crippen LogP contribution in [0.2, 0.25) is 0 Å². The minimum atomic E-state index is -4.34. The number of benzene rings is 2. The first-order valence-corrected chi connectivity index (χ1v) is 9.75. The van der Waals surface area contributed by atoms with Gasteiger partial charge >= 0.3 is 7.60 Å². The van der Waals surface area contributed by atoms with Crippen molar-refractivity contribution in [1.29, 1.82) is 0 Å². The third-order valence-electron chi connectivity index (χ3n) is 5.21. The lowest BCUT2D eigenvalue weighted by Crippen LogP contribution is -2.37. The molecule has 0 aromatic heterocycles. The summed E-state index contributed by atoms with van der Waals surface area (Å²) in [5.41, 5.74) is 2.79. The van der Waals surface area contributed by atoms with Crippen LogP contribution in [0.1, 0.15) is 48.3 Å². The molecule has 1 saturated carbocycles. The number of hydrogen-bond donors (Lipinski definition) is 2. The highest BCUT2D eigenvalue weighted by Gasteiger charge is 2.55. The molecule has 2 aromatic carbocycles. The Morgan fingerprint density at radius 3 is 2.30 bits per heavy atom. The lowest BCUT2D eigenvalue weighted by Gasteiger charge is -2.45. The summed E-state index contributed by atoms with van der Waals surface area (Å²) in [6, 6.07) is 17.5. The highest BCUT2D eigenvalue weighted by Crippen LogP contribution is 2.68. The van der Waals surface area contributed by atoms with E-state index in [9.17, 15) is 14.4 Å². The quantitative estimate of drug-likeness (QED) is 0.800. The van der Waals surface area contributed by atoms with Crippen LogP contribution in [-0.2, 0) is 9.72 Å². The van der Waals surface area contributed by atoms with Gasteiger partial charge in [0.2, 0.25) is 0 Å². The van der Waals surface area contributed by atoms with Gasteiger partial charge in [-0.2, -0.15) is 0 Å². The topological polar surface area (TPSA) is 57.5 Å². The summed E-state index contributed by atoms with van der Waals surface area (Å²) in [5, 5.41) is -1.11. The smallest absolute Gasteiger partial charge is 0.324 e. The molecule has 23 heavy (non-hydrogen) atoms. The van der Waals surface area contributed by atoms with Crippen LogP contribution in [0.4, 0.5) is 0 Å². The van der Waals surface area contributed by atoms with Crippen LogP contribution in [0.3, 0.4) is 0 Å². The molecule has 2 N–H and O–H groups in total. The third-order valence-corrected chi connectivity index (χ3v) is 7.03. The van der Waals surface area contributed by atoms with E-state index < -0.39 is 12.8 Å². The van der Waals surface area contributed by atoms with Gasteiger partial charge in [0, 0.05) is 5.92 Å². The van der Waals surface area contributed by atoms with Crippen LogP contribution in [0.15, 0.2) is 54.6 Å². The second-order valence-corrected chi connectivity index (χ2v) is 8.38. The third kappa shape index (κ3) is 2.78. The van der Waals surface area contributed by atoms with Gasteiger partial charge in [-0.3, -0.25) is 4.57 Å². The summed E-state index contributed by atoms with van der Waals surface area (Å²) in [7, 11) is -4.34. The Bertz CT molecular complexity index is 722. The first kappa shape index (κ1) is 16.4. The largest absolute Gasteiger partial charge is 0.336 e. The Kier molecular flexibility index (Phi) is 4.46. The summed E-state index contributed by atoms with van der Waals surface area (Å²) >= 11 is 0. The highest BCUT2D eigenvalue weighted by atomic mass is 31.2. The van der Waals surface area contributed by atoms with Crippen molar-refractivity contribution in [3.8, 4) is 0 Å². The lowest BCUT2D eigenvalue weighted by molar-refractivity contribution is 0.254. The molecule has 0 aliphatic heterocycles. The first-order chi connectivity index (χ1) is 11.0. The van der Waals surface area contributed by atoms with Crippen molar-refractivity contribution in [1.82, 2.24) is 0 Å². The van der Waals surface area contributed by atoms with Crippen LogP contribution in [0, 0.1) is 6.92 Å². The standard InChI is InChI=1S/C19H23O3P/c1-15-9-5-6-12-17(15)19(23(20,21)22)14-8-7-13-18(19)16-10-3-2-4-11-16/h2-6,9-12,18H,7-8,13-14H2,1H3,(H2,20,21,22). The van der Waals surface area contributed by atoms with Gasteiger partial charge in [-0.15, -0.1) is 0 Å². The Morgan fingerprint density at radius 1 is 1.00 bits per heavy atom. The van der Waals surface area contributed by atoms with Gasteiger partial charge in [0.15, 0.2) is 0 Å². The molecular formula is C19H23O3P. The normalized spacial score (nSPS) is 25.3. The zero-order valence-corrected chi connectivity index (χ0v) is 14.2. The van der Waals surface area contributed by atoms with Gasteiger partial charge in [-0.05, 0) is 36.5 Å². The maximum Gasteiger partial charge on any atom is 0.336 e. The van der Waals surface area contributed by atoms with Crippen LogP contribution in [-0.4, -0.2) is 9.79 Å². The van der Waals surface area contributed by atoms with Gasteiger partial charge in [-0.25, -0.2) is 0 Å². The molecule has 3 rings (SSSR count). The minimum Gasteiger partial charge on any atom is -0.324 e. The molecule has 122 valence electrons.